The van der Waals surface area contributed by atoms with Crippen molar-refractivity contribution in [1.29, 1.82) is 0 Å². The summed E-state index contributed by atoms with van der Waals surface area (Å²) in [6.07, 6.45) is 1.78. The van der Waals surface area contributed by atoms with E-state index in [4.69, 9.17) is 9.47 Å². The zero-order valence-electron chi connectivity index (χ0n) is 16.2. The van der Waals surface area contributed by atoms with E-state index in [1.165, 1.54) is 6.26 Å². The topological polar surface area (TPSA) is 89.0 Å². The Kier molecular flexibility index (Phi) is 10.0. The highest BCUT2D eigenvalue weighted by atomic mass is 32.2. The minimum absolute atomic E-state index is 0.159. The first-order chi connectivity index (χ1) is 12.4. The van der Waals surface area contributed by atoms with Crippen LogP contribution in [0.25, 0.3) is 0 Å². The van der Waals surface area contributed by atoms with Crippen molar-refractivity contribution in [1.82, 2.24) is 10.6 Å². The predicted octanol–water partition coefficient (Wildman–Crippen LogP) is 1.51. The fraction of sp³-hybridized carbons (Fsp3) is 0.611. The molecule has 1 aromatic carbocycles. The average molecular weight is 386 g/mol. The maximum Gasteiger partial charge on any atom is 0.191 e. The Morgan fingerprint density at radius 2 is 2.00 bits per heavy atom. The zero-order chi connectivity index (χ0) is 19.4. The first-order valence-corrected chi connectivity index (χ1v) is 10.8. The second-order valence-electron chi connectivity index (χ2n) is 5.99. The third-order valence-corrected chi connectivity index (χ3v) is 4.60. The lowest BCUT2D eigenvalue weighted by atomic mass is 10.1. The maximum atomic E-state index is 11.2. The zero-order valence-corrected chi connectivity index (χ0v) is 17.0. The van der Waals surface area contributed by atoms with Gasteiger partial charge in [0.05, 0.1) is 12.4 Å². The summed E-state index contributed by atoms with van der Waals surface area (Å²) in [5, 5.41) is 6.34. The molecule has 0 radical (unpaired) electrons. The van der Waals surface area contributed by atoms with E-state index in [0.717, 1.165) is 16.9 Å². The van der Waals surface area contributed by atoms with E-state index in [9.17, 15) is 8.42 Å². The Hall–Kier alpha value is -1.80. The predicted molar refractivity (Wildman–Crippen MR) is 106 cm³/mol. The molecule has 0 spiro atoms. The Morgan fingerprint density at radius 1 is 1.23 bits per heavy atom. The summed E-state index contributed by atoms with van der Waals surface area (Å²) >= 11 is 0. The van der Waals surface area contributed by atoms with Gasteiger partial charge in [0.2, 0.25) is 0 Å². The maximum absolute atomic E-state index is 11.2. The second-order valence-corrected chi connectivity index (χ2v) is 8.25. The number of guanidine groups is 1. The molecule has 7 nitrogen and oxygen atoms in total. The molecule has 0 unspecified atom stereocenters. The fourth-order valence-electron chi connectivity index (χ4n) is 2.24. The van der Waals surface area contributed by atoms with Gasteiger partial charge < -0.3 is 20.1 Å². The van der Waals surface area contributed by atoms with Crippen LogP contribution < -0.4 is 15.4 Å². The summed E-state index contributed by atoms with van der Waals surface area (Å²) in [5.41, 5.74) is 2.15. The first-order valence-electron chi connectivity index (χ1n) is 8.78. The monoisotopic (exact) mass is 385 g/mol. The number of ether oxygens (including phenoxy) is 2. The number of nitrogens with zero attached hydrogens (tertiary/aromatic N) is 1. The van der Waals surface area contributed by atoms with E-state index in [1.54, 1.807) is 7.05 Å². The highest BCUT2D eigenvalue weighted by Crippen LogP contribution is 2.20. The van der Waals surface area contributed by atoms with Crippen LogP contribution in [0.2, 0.25) is 0 Å². The number of aliphatic imine (C=N–C) groups is 1. The van der Waals surface area contributed by atoms with Crippen LogP contribution in [0.1, 0.15) is 24.5 Å². The number of hydrogen-bond donors (Lipinski definition) is 2. The van der Waals surface area contributed by atoms with E-state index in [-0.39, 0.29) is 5.75 Å². The average Bonchev–Trinajstić information content (AvgIpc) is 2.58. The van der Waals surface area contributed by atoms with Crippen LogP contribution in [0.15, 0.2) is 23.2 Å². The number of benzene rings is 1. The molecule has 0 aliphatic heterocycles. The Bertz CT molecular complexity index is 675. The minimum Gasteiger partial charge on any atom is -0.491 e. The van der Waals surface area contributed by atoms with Crippen molar-refractivity contribution in [2.24, 2.45) is 4.99 Å². The van der Waals surface area contributed by atoms with Crippen molar-refractivity contribution in [3.8, 4) is 5.75 Å². The molecule has 0 saturated carbocycles. The molecule has 0 saturated heterocycles. The quantitative estimate of drug-likeness (QED) is 0.341. The van der Waals surface area contributed by atoms with Gasteiger partial charge in [-0.1, -0.05) is 12.1 Å². The number of rotatable bonds is 11. The fourth-order valence-corrected chi connectivity index (χ4v) is 2.91. The van der Waals surface area contributed by atoms with E-state index < -0.39 is 9.84 Å². The van der Waals surface area contributed by atoms with Gasteiger partial charge in [-0.15, -0.1) is 0 Å². The molecule has 0 aliphatic carbocycles. The highest BCUT2D eigenvalue weighted by molar-refractivity contribution is 7.90. The van der Waals surface area contributed by atoms with Gasteiger partial charge >= 0.3 is 0 Å². The molecule has 26 heavy (non-hydrogen) atoms. The summed E-state index contributed by atoms with van der Waals surface area (Å²) in [4.78, 5) is 4.15. The van der Waals surface area contributed by atoms with Crippen molar-refractivity contribution in [3.63, 3.8) is 0 Å². The van der Waals surface area contributed by atoms with Crippen LogP contribution in [-0.2, 0) is 21.1 Å². The number of aryl methyl sites for hydroxylation is 1. The Labute approximate surface area is 157 Å². The number of sulfone groups is 1. The number of hydrogen-bond acceptors (Lipinski definition) is 5. The normalized spacial score (nSPS) is 12.1. The molecule has 0 heterocycles. The van der Waals surface area contributed by atoms with E-state index >= 15 is 0 Å². The van der Waals surface area contributed by atoms with E-state index in [0.29, 0.717) is 45.3 Å². The molecule has 1 aromatic rings. The van der Waals surface area contributed by atoms with E-state index in [2.05, 4.69) is 15.6 Å². The molecule has 148 valence electrons. The van der Waals surface area contributed by atoms with Crippen LogP contribution in [-0.4, -0.2) is 59.8 Å². The van der Waals surface area contributed by atoms with Gasteiger partial charge in [-0.2, -0.15) is 0 Å². The third kappa shape index (κ3) is 9.62. The largest absolute Gasteiger partial charge is 0.491 e. The van der Waals surface area contributed by atoms with Gasteiger partial charge in [-0.25, -0.2) is 8.42 Å². The summed E-state index contributed by atoms with van der Waals surface area (Å²) in [6.45, 7) is 6.80. The molecule has 0 fully saturated rings. The smallest absolute Gasteiger partial charge is 0.191 e. The molecule has 8 heteroatoms. The van der Waals surface area contributed by atoms with Gasteiger partial charge in [0, 0.05) is 38.6 Å². The van der Waals surface area contributed by atoms with Crippen LogP contribution in [0.3, 0.4) is 0 Å². The molecule has 0 aliphatic rings. The molecule has 0 bridgehead atoms. The molecular weight excluding hydrogens is 354 g/mol. The van der Waals surface area contributed by atoms with Crippen molar-refractivity contribution < 1.29 is 17.9 Å². The molecule has 0 aromatic heterocycles. The number of nitrogens with one attached hydrogen (secondary N) is 2. The van der Waals surface area contributed by atoms with Crippen molar-refractivity contribution >= 4 is 15.8 Å². The molecule has 0 amide bonds. The van der Waals surface area contributed by atoms with Gasteiger partial charge in [0.25, 0.3) is 0 Å². The molecular formula is C18H31N3O4S. The van der Waals surface area contributed by atoms with Crippen molar-refractivity contribution in [2.45, 2.75) is 26.8 Å². The Balaban J connectivity index is 2.53. The van der Waals surface area contributed by atoms with Crippen LogP contribution >= 0.6 is 0 Å². The summed E-state index contributed by atoms with van der Waals surface area (Å²) < 4.78 is 33.4. The van der Waals surface area contributed by atoms with Gasteiger partial charge in [-0.3, -0.25) is 4.99 Å². The van der Waals surface area contributed by atoms with Gasteiger partial charge in [-0.05, 0) is 31.9 Å². The summed E-state index contributed by atoms with van der Waals surface area (Å²) in [5.74, 6) is 1.61. The van der Waals surface area contributed by atoms with Crippen LogP contribution in [0, 0.1) is 6.92 Å². The van der Waals surface area contributed by atoms with Crippen LogP contribution in [0.4, 0.5) is 0 Å². The van der Waals surface area contributed by atoms with Gasteiger partial charge in [0.1, 0.15) is 22.2 Å². The highest BCUT2D eigenvalue weighted by Gasteiger charge is 2.07. The lowest BCUT2D eigenvalue weighted by Gasteiger charge is -2.15. The molecule has 1 rings (SSSR count). The van der Waals surface area contributed by atoms with Crippen molar-refractivity contribution in [3.05, 3.63) is 29.3 Å². The lowest BCUT2D eigenvalue weighted by Crippen LogP contribution is -2.37. The Morgan fingerprint density at radius 3 is 2.65 bits per heavy atom. The summed E-state index contributed by atoms with van der Waals surface area (Å²) in [6, 6.07) is 6.06. The first kappa shape index (κ1) is 22.2. The third-order valence-electron chi connectivity index (χ3n) is 3.57. The summed E-state index contributed by atoms with van der Waals surface area (Å²) in [7, 11) is -1.25. The SMILES string of the molecule is CCOCCOc1cc(C)ccc1CNC(=NC)NCCCS(C)(=O)=O. The molecule has 2 N–H and O–H groups in total. The molecule has 0 atom stereocenters. The van der Waals surface area contributed by atoms with Crippen LogP contribution in [0.5, 0.6) is 5.75 Å². The second kappa shape index (κ2) is 11.7. The van der Waals surface area contributed by atoms with Crippen molar-refractivity contribution in [2.75, 3.05) is 45.4 Å². The van der Waals surface area contributed by atoms with Gasteiger partial charge in [0.15, 0.2) is 5.96 Å². The van der Waals surface area contributed by atoms with E-state index in [1.807, 2.05) is 32.0 Å². The minimum atomic E-state index is -2.93. The lowest BCUT2D eigenvalue weighted by molar-refractivity contribution is 0.110. The standard InChI is InChI=1S/C18H31N3O4S/c1-5-24-10-11-25-17-13-15(2)7-8-16(17)14-21-18(19-3)20-9-6-12-26(4,22)23/h7-8,13H,5-6,9-12,14H2,1-4H3,(H2,19,20,21).